The first-order valence-electron chi connectivity index (χ1n) is 2.56. The molecule has 0 spiro atoms. The maximum absolute atomic E-state index is 5.42. The monoisotopic (exact) mass is 203 g/mol. The molecule has 5 heteroatoms. The van der Waals surface area contributed by atoms with Crippen molar-refractivity contribution in [3.8, 4) is 6.01 Å². The summed E-state index contributed by atoms with van der Waals surface area (Å²) >= 11 is 3.13. The summed E-state index contributed by atoms with van der Waals surface area (Å²) in [6.07, 6.45) is 1.48. The number of aromatic nitrogens is 2. The maximum atomic E-state index is 5.42. The molecule has 0 bridgehead atoms. The van der Waals surface area contributed by atoms with Gasteiger partial charge in [-0.1, -0.05) is 0 Å². The van der Waals surface area contributed by atoms with E-state index in [1.165, 1.54) is 13.3 Å². The van der Waals surface area contributed by atoms with E-state index < -0.39 is 0 Å². The van der Waals surface area contributed by atoms with Crippen molar-refractivity contribution >= 4 is 21.6 Å². The highest BCUT2D eigenvalue weighted by Gasteiger charge is 1.98. The number of nitrogens with zero attached hydrogens (tertiary/aromatic N) is 2. The zero-order chi connectivity index (χ0) is 7.56. The molecule has 0 atom stereocenters. The fourth-order valence-electron chi connectivity index (χ4n) is 0.454. The Bertz CT molecular complexity index is 240. The van der Waals surface area contributed by atoms with Crippen LogP contribution in [-0.4, -0.2) is 17.1 Å². The molecule has 0 aliphatic rings. The van der Waals surface area contributed by atoms with Crippen LogP contribution in [0.3, 0.4) is 0 Å². The van der Waals surface area contributed by atoms with Crippen LogP contribution >= 0.6 is 15.9 Å². The van der Waals surface area contributed by atoms with Gasteiger partial charge >= 0.3 is 6.01 Å². The fraction of sp³-hybridized carbons (Fsp3) is 0.200. The summed E-state index contributed by atoms with van der Waals surface area (Å²) in [6, 6.07) is 0.307. The molecule has 1 aromatic heterocycles. The van der Waals surface area contributed by atoms with E-state index in [0.717, 1.165) is 0 Å². The van der Waals surface area contributed by atoms with Crippen LogP contribution in [0.2, 0.25) is 0 Å². The minimum absolute atomic E-state index is 0.307. The van der Waals surface area contributed by atoms with Gasteiger partial charge in [0, 0.05) is 0 Å². The molecule has 0 saturated heterocycles. The molecule has 0 saturated carbocycles. The summed E-state index contributed by atoms with van der Waals surface area (Å²) in [5.41, 5.74) is 5.92. The van der Waals surface area contributed by atoms with Gasteiger partial charge in [-0.3, -0.25) is 0 Å². The first-order valence-corrected chi connectivity index (χ1v) is 3.35. The Morgan fingerprint density at radius 1 is 1.70 bits per heavy atom. The molecule has 0 aromatic carbocycles. The van der Waals surface area contributed by atoms with E-state index in [9.17, 15) is 0 Å². The number of rotatable bonds is 1. The molecule has 0 fully saturated rings. The lowest BCUT2D eigenvalue weighted by molar-refractivity contribution is 0.379. The van der Waals surface area contributed by atoms with Crippen molar-refractivity contribution in [1.29, 1.82) is 0 Å². The number of ether oxygens (including phenoxy) is 1. The Morgan fingerprint density at radius 2 is 2.40 bits per heavy atom. The highest BCUT2D eigenvalue weighted by atomic mass is 79.9. The molecule has 0 aliphatic carbocycles. The summed E-state index contributed by atoms with van der Waals surface area (Å²) in [4.78, 5) is 7.62. The van der Waals surface area contributed by atoms with E-state index in [1.54, 1.807) is 0 Å². The van der Waals surface area contributed by atoms with Crippen LogP contribution in [-0.2, 0) is 0 Å². The first-order chi connectivity index (χ1) is 4.74. The van der Waals surface area contributed by atoms with Crippen molar-refractivity contribution in [3.63, 3.8) is 0 Å². The number of hydrogen-bond acceptors (Lipinski definition) is 4. The van der Waals surface area contributed by atoms with E-state index in [1.807, 2.05) is 0 Å². The molecular weight excluding hydrogens is 198 g/mol. The molecule has 2 N–H and O–H groups in total. The van der Waals surface area contributed by atoms with Gasteiger partial charge in [-0.25, -0.2) is 4.98 Å². The molecule has 0 amide bonds. The largest absolute Gasteiger partial charge is 0.467 e. The fourth-order valence-corrected chi connectivity index (χ4v) is 0.708. The lowest BCUT2D eigenvalue weighted by Gasteiger charge is -1.98. The lowest BCUT2D eigenvalue weighted by atomic mass is 10.6. The third kappa shape index (κ3) is 1.36. The van der Waals surface area contributed by atoms with E-state index in [-0.39, 0.29) is 0 Å². The number of methoxy groups -OCH3 is 1. The SMILES string of the molecule is COc1ncc(N)c(Br)n1. The van der Waals surface area contributed by atoms with Gasteiger partial charge in [0.1, 0.15) is 4.60 Å². The van der Waals surface area contributed by atoms with Gasteiger partial charge in [0.25, 0.3) is 0 Å². The smallest absolute Gasteiger partial charge is 0.317 e. The molecule has 1 rings (SSSR count). The van der Waals surface area contributed by atoms with Gasteiger partial charge in [-0.05, 0) is 15.9 Å². The van der Waals surface area contributed by atoms with E-state index in [2.05, 4.69) is 25.9 Å². The van der Waals surface area contributed by atoms with Crippen LogP contribution in [0.25, 0.3) is 0 Å². The number of halogens is 1. The second-order valence-corrected chi connectivity index (χ2v) is 2.35. The molecule has 0 aliphatic heterocycles. The Morgan fingerprint density at radius 3 is 2.90 bits per heavy atom. The molecule has 10 heavy (non-hydrogen) atoms. The van der Waals surface area contributed by atoms with Crippen LogP contribution in [0.4, 0.5) is 5.69 Å². The van der Waals surface area contributed by atoms with Crippen molar-refractivity contribution < 1.29 is 4.74 Å². The number of hydrogen-bond donors (Lipinski definition) is 1. The minimum atomic E-state index is 0.307. The maximum Gasteiger partial charge on any atom is 0.317 e. The van der Waals surface area contributed by atoms with Crippen LogP contribution < -0.4 is 10.5 Å². The predicted molar refractivity (Wildman–Crippen MR) is 40.7 cm³/mol. The average molecular weight is 204 g/mol. The Labute approximate surface area is 66.6 Å². The van der Waals surface area contributed by atoms with Crippen molar-refractivity contribution in [2.45, 2.75) is 0 Å². The third-order valence-corrected chi connectivity index (χ3v) is 1.56. The Hall–Kier alpha value is -0.840. The minimum Gasteiger partial charge on any atom is -0.467 e. The van der Waals surface area contributed by atoms with Crippen molar-refractivity contribution in [3.05, 3.63) is 10.8 Å². The van der Waals surface area contributed by atoms with E-state index >= 15 is 0 Å². The van der Waals surface area contributed by atoms with Crippen LogP contribution in [0.15, 0.2) is 10.8 Å². The molecule has 0 unspecified atom stereocenters. The summed E-state index contributed by atoms with van der Waals surface area (Å²) in [7, 11) is 1.50. The zero-order valence-corrected chi connectivity index (χ0v) is 6.92. The number of nitrogens with two attached hydrogens (primary N) is 1. The third-order valence-electron chi connectivity index (χ3n) is 0.929. The molecule has 4 nitrogen and oxygen atoms in total. The molecule has 1 heterocycles. The van der Waals surface area contributed by atoms with Crippen LogP contribution in [0.1, 0.15) is 0 Å². The predicted octanol–water partition coefficient (Wildman–Crippen LogP) is 0.830. The quantitative estimate of drug-likeness (QED) is 0.688. The van der Waals surface area contributed by atoms with Gasteiger partial charge in [-0.2, -0.15) is 4.98 Å². The summed E-state index contributed by atoms with van der Waals surface area (Å²) in [6.45, 7) is 0. The van der Waals surface area contributed by atoms with Crippen molar-refractivity contribution in [1.82, 2.24) is 9.97 Å². The van der Waals surface area contributed by atoms with Crippen LogP contribution in [0.5, 0.6) is 6.01 Å². The zero-order valence-electron chi connectivity index (χ0n) is 5.34. The number of anilines is 1. The Balaban J connectivity index is 3.04. The van der Waals surface area contributed by atoms with Gasteiger partial charge in [0.2, 0.25) is 0 Å². The molecular formula is C5H6BrN3O. The van der Waals surface area contributed by atoms with Gasteiger partial charge in [0.15, 0.2) is 0 Å². The highest BCUT2D eigenvalue weighted by molar-refractivity contribution is 9.10. The van der Waals surface area contributed by atoms with Crippen molar-refractivity contribution in [2.75, 3.05) is 12.8 Å². The normalized spacial score (nSPS) is 9.40. The summed E-state index contributed by atoms with van der Waals surface area (Å²) in [5.74, 6) is 0. The lowest BCUT2D eigenvalue weighted by Crippen LogP contribution is -1.95. The summed E-state index contributed by atoms with van der Waals surface area (Å²) in [5, 5.41) is 0. The molecule has 54 valence electrons. The second kappa shape index (κ2) is 2.83. The van der Waals surface area contributed by atoms with Crippen LogP contribution in [0, 0.1) is 0 Å². The highest BCUT2D eigenvalue weighted by Crippen LogP contribution is 2.16. The second-order valence-electron chi connectivity index (χ2n) is 1.60. The standard InChI is InChI=1S/C5H6BrN3O/c1-10-5-8-2-3(7)4(6)9-5/h2H,7H2,1H3. The summed E-state index contributed by atoms with van der Waals surface area (Å²) < 4.78 is 5.30. The van der Waals surface area contributed by atoms with Gasteiger partial charge in [-0.15, -0.1) is 0 Å². The first kappa shape index (κ1) is 7.27. The molecule has 0 radical (unpaired) electrons. The van der Waals surface area contributed by atoms with E-state index in [0.29, 0.717) is 16.3 Å². The molecule has 1 aromatic rings. The number of nitrogen functional groups attached to an aromatic ring is 1. The van der Waals surface area contributed by atoms with E-state index in [4.69, 9.17) is 10.5 Å². The Kier molecular flexibility index (Phi) is 2.06. The average Bonchev–Trinajstić information content (AvgIpc) is 1.95. The van der Waals surface area contributed by atoms with Crippen molar-refractivity contribution in [2.24, 2.45) is 0 Å². The van der Waals surface area contributed by atoms with Gasteiger partial charge in [0.05, 0.1) is 19.0 Å². The van der Waals surface area contributed by atoms with Gasteiger partial charge < -0.3 is 10.5 Å². The topological polar surface area (TPSA) is 61.0 Å².